The summed E-state index contributed by atoms with van der Waals surface area (Å²) >= 11 is 1.90. The van der Waals surface area contributed by atoms with E-state index in [0.717, 1.165) is 13.0 Å². The third-order valence-corrected chi connectivity index (χ3v) is 2.87. The minimum Gasteiger partial charge on any atom is -0.355 e. The zero-order chi connectivity index (χ0) is 12.1. The summed E-state index contributed by atoms with van der Waals surface area (Å²) in [6, 6.07) is 0. The third-order valence-electron chi connectivity index (χ3n) is 2.17. The average Bonchev–Trinajstić information content (AvgIpc) is 2.28. The second kappa shape index (κ2) is 12.6. The molecule has 0 fully saturated rings. The molecule has 0 aromatic carbocycles. The Morgan fingerprint density at radius 2 is 2.06 bits per heavy atom. The fourth-order valence-corrected chi connectivity index (χ4v) is 1.80. The minimum atomic E-state index is 0.0750. The first-order valence-electron chi connectivity index (χ1n) is 5.88. The van der Waals surface area contributed by atoms with E-state index in [-0.39, 0.29) is 5.91 Å². The summed E-state index contributed by atoms with van der Waals surface area (Å²) < 4.78 is 0. The van der Waals surface area contributed by atoms with Gasteiger partial charge in [-0.15, -0.1) is 6.58 Å². The molecular weight excluding hydrogens is 220 g/mol. The predicted molar refractivity (Wildman–Crippen MR) is 72.9 cm³/mol. The molecular formula is C12H24N2OS. The van der Waals surface area contributed by atoms with Crippen molar-refractivity contribution in [3.63, 3.8) is 0 Å². The molecule has 0 heterocycles. The highest BCUT2D eigenvalue weighted by Gasteiger charge is 1.98. The number of amides is 1. The Kier molecular flexibility index (Phi) is 12.2. The minimum absolute atomic E-state index is 0.0750. The summed E-state index contributed by atoms with van der Waals surface area (Å²) in [7, 11) is 0. The van der Waals surface area contributed by atoms with Gasteiger partial charge < -0.3 is 10.6 Å². The number of carbonyl (C=O) groups is 1. The molecule has 0 saturated carbocycles. The van der Waals surface area contributed by atoms with Gasteiger partial charge in [-0.3, -0.25) is 4.79 Å². The SMILES string of the molecule is C=CCNCC(=O)NCCCCCCSC. The Morgan fingerprint density at radius 1 is 1.31 bits per heavy atom. The van der Waals surface area contributed by atoms with Gasteiger partial charge in [-0.2, -0.15) is 11.8 Å². The van der Waals surface area contributed by atoms with E-state index in [1.807, 2.05) is 11.8 Å². The lowest BCUT2D eigenvalue weighted by Gasteiger charge is -2.05. The molecule has 0 spiro atoms. The summed E-state index contributed by atoms with van der Waals surface area (Å²) in [5.41, 5.74) is 0. The fraction of sp³-hybridized carbons (Fsp3) is 0.750. The van der Waals surface area contributed by atoms with Crippen molar-refractivity contribution < 1.29 is 4.79 Å². The molecule has 0 radical (unpaired) electrons. The van der Waals surface area contributed by atoms with Crippen molar-refractivity contribution in [3.8, 4) is 0 Å². The standard InChI is InChI=1S/C12H24N2OS/c1-3-8-13-11-12(15)14-9-6-4-5-7-10-16-2/h3,13H,1,4-11H2,2H3,(H,14,15). The highest BCUT2D eigenvalue weighted by molar-refractivity contribution is 7.98. The maximum absolute atomic E-state index is 11.2. The van der Waals surface area contributed by atoms with Gasteiger partial charge >= 0.3 is 0 Å². The van der Waals surface area contributed by atoms with Gasteiger partial charge in [0, 0.05) is 13.1 Å². The van der Waals surface area contributed by atoms with Crippen LogP contribution < -0.4 is 10.6 Å². The van der Waals surface area contributed by atoms with Gasteiger partial charge in [0.15, 0.2) is 0 Å². The number of unbranched alkanes of at least 4 members (excludes halogenated alkanes) is 3. The number of hydrogen-bond donors (Lipinski definition) is 2. The topological polar surface area (TPSA) is 41.1 Å². The van der Waals surface area contributed by atoms with Crippen LogP contribution in [0.4, 0.5) is 0 Å². The molecule has 0 aliphatic carbocycles. The Labute approximate surface area is 103 Å². The van der Waals surface area contributed by atoms with Gasteiger partial charge in [0.25, 0.3) is 0 Å². The highest BCUT2D eigenvalue weighted by Crippen LogP contribution is 2.03. The van der Waals surface area contributed by atoms with Crippen LogP contribution in [-0.2, 0) is 4.79 Å². The van der Waals surface area contributed by atoms with Crippen molar-refractivity contribution in [1.29, 1.82) is 0 Å². The van der Waals surface area contributed by atoms with Crippen LogP contribution >= 0.6 is 11.8 Å². The number of hydrogen-bond acceptors (Lipinski definition) is 3. The number of carbonyl (C=O) groups excluding carboxylic acids is 1. The van der Waals surface area contributed by atoms with Gasteiger partial charge in [-0.25, -0.2) is 0 Å². The molecule has 1 amide bonds. The summed E-state index contributed by atoms with van der Waals surface area (Å²) in [6.07, 6.45) is 8.74. The van der Waals surface area contributed by atoms with Crippen LogP contribution in [0, 0.1) is 0 Å². The molecule has 0 aliphatic rings. The molecule has 16 heavy (non-hydrogen) atoms. The lowest BCUT2D eigenvalue weighted by molar-refractivity contribution is -0.120. The average molecular weight is 244 g/mol. The molecule has 2 N–H and O–H groups in total. The molecule has 0 rings (SSSR count). The molecule has 0 saturated heterocycles. The van der Waals surface area contributed by atoms with E-state index in [9.17, 15) is 4.79 Å². The number of thioether (sulfide) groups is 1. The van der Waals surface area contributed by atoms with Gasteiger partial charge in [0.2, 0.25) is 5.91 Å². The zero-order valence-corrected chi connectivity index (χ0v) is 11.1. The highest BCUT2D eigenvalue weighted by atomic mass is 32.2. The van der Waals surface area contributed by atoms with E-state index in [2.05, 4.69) is 23.5 Å². The Bertz CT molecular complexity index is 186. The van der Waals surface area contributed by atoms with Crippen LogP contribution in [0.2, 0.25) is 0 Å². The molecule has 4 heteroatoms. The fourth-order valence-electron chi connectivity index (χ4n) is 1.30. The Hall–Kier alpha value is -0.480. The van der Waals surface area contributed by atoms with Gasteiger partial charge in [-0.1, -0.05) is 18.9 Å². The van der Waals surface area contributed by atoms with Crippen molar-refractivity contribution in [2.75, 3.05) is 31.6 Å². The predicted octanol–water partition coefficient (Wildman–Crippen LogP) is 1.80. The third kappa shape index (κ3) is 11.6. The normalized spacial score (nSPS) is 10.1. The van der Waals surface area contributed by atoms with E-state index < -0.39 is 0 Å². The zero-order valence-electron chi connectivity index (χ0n) is 10.3. The molecule has 0 aromatic rings. The largest absolute Gasteiger partial charge is 0.355 e. The summed E-state index contributed by atoms with van der Waals surface area (Å²) in [5.74, 6) is 1.32. The molecule has 0 unspecified atom stereocenters. The lowest BCUT2D eigenvalue weighted by atomic mass is 10.2. The maximum atomic E-state index is 11.2. The van der Waals surface area contributed by atoms with E-state index in [1.54, 1.807) is 6.08 Å². The molecule has 0 atom stereocenters. The van der Waals surface area contributed by atoms with Crippen molar-refractivity contribution in [3.05, 3.63) is 12.7 Å². The van der Waals surface area contributed by atoms with Crippen molar-refractivity contribution in [1.82, 2.24) is 10.6 Å². The smallest absolute Gasteiger partial charge is 0.233 e. The second-order valence-corrected chi connectivity index (χ2v) is 4.66. The van der Waals surface area contributed by atoms with Crippen LogP contribution in [0.3, 0.4) is 0 Å². The van der Waals surface area contributed by atoms with Gasteiger partial charge in [-0.05, 0) is 24.9 Å². The first-order valence-corrected chi connectivity index (χ1v) is 7.28. The van der Waals surface area contributed by atoms with Crippen LogP contribution in [-0.4, -0.2) is 37.6 Å². The van der Waals surface area contributed by atoms with Gasteiger partial charge in [0.05, 0.1) is 6.54 Å². The molecule has 0 aromatic heterocycles. The molecule has 3 nitrogen and oxygen atoms in total. The summed E-state index contributed by atoms with van der Waals surface area (Å²) in [4.78, 5) is 11.2. The Morgan fingerprint density at radius 3 is 2.75 bits per heavy atom. The van der Waals surface area contributed by atoms with Crippen LogP contribution in [0.5, 0.6) is 0 Å². The molecule has 94 valence electrons. The van der Waals surface area contributed by atoms with Gasteiger partial charge in [0.1, 0.15) is 0 Å². The van der Waals surface area contributed by atoms with Crippen LogP contribution in [0.25, 0.3) is 0 Å². The molecule has 0 bridgehead atoms. The first kappa shape index (κ1) is 15.5. The van der Waals surface area contributed by atoms with E-state index in [4.69, 9.17) is 0 Å². The van der Waals surface area contributed by atoms with Crippen LogP contribution in [0.15, 0.2) is 12.7 Å². The Balaban J connectivity index is 3.12. The second-order valence-electron chi connectivity index (χ2n) is 3.68. The quantitative estimate of drug-likeness (QED) is 0.430. The van der Waals surface area contributed by atoms with Crippen molar-refractivity contribution in [2.24, 2.45) is 0 Å². The van der Waals surface area contributed by atoms with Crippen molar-refractivity contribution >= 4 is 17.7 Å². The monoisotopic (exact) mass is 244 g/mol. The first-order chi connectivity index (χ1) is 7.81. The molecule has 0 aliphatic heterocycles. The summed E-state index contributed by atoms with van der Waals surface area (Å²) in [6.45, 7) is 5.44. The maximum Gasteiger partial charge on any atom is 0.233 e. The van der Waals surface area contributed by atoms with Crippen molar-refractivity contribution in [2.45, 2.75) is 25.7 Å². The van der Waals surface area contributed by atoms with E-state index in [1.165, 1.54) is 25.0 Å². The lowest BCUT2D eigenvalue weighted by Crippen LogP contribution is -2.34. The van der Waals surface area contributed by atoms with E-state index in [0.29, 0.717) is 13.1 Å². The number of nitrogens with one attached hydrogen (secondary N) is 2. The van der Waals surface area contributed by atoms with E-state index >= 15 is 0 Å². The number of rotatable bonds is 11. The van der Waals surface area contributed by atoms with Crippen LogP contribution in [0.1, 0.15) is 25.7 Å². The summed E-state index contributed by atoms with van der Waals surface area (Å²) in [5, 5.41) is 5.86.